The number of amides is 1. The molecule has 0 aliphatic rings. The van der Waals surface area contributed by atoms with Crippen molar-refractivity contribution in [1.29, 1.82) is 0 Å². The van der Waals surface area contributed by atoms with Crippen LogP contribution in [0.4, 0.5) is 5.69 Å². The van der Waals surface area contributed by atoms with Gasteiger partial charge in [-0.15, -0.1) is 0 Å². The van der Waals surface area contributed by atoms with Gasteiger partial charge in [0.1, 0.15) is 5.69 Å². The Morgan fingerprint density at radius 1 is 1.00 bits per heavy atom. The van der Waals surface area contributed by atoms with Crippen molar-refractivity contribution in [1.82, 2.24) is 15.4 Å². The normalized spacial score (nSPS) is 11.0. The molecule has 0 saturated carbocycles. The van der Waals surface area contributed by atoms with E-state index >= 15 is 0 Å². The van der Waals surface area contributed by atoms with E-state index in [0.717, 1.165) is 22.4 Å². The molecule has 2 aromatic heterocycles. The molecule has 0 aliphatic carbocycles. The molecule has 4 N–H and O–H groups in total. The highest BCUT2D eigenvalue weighted by Gasteiger charge is 2.24. The van der Waals surface area contributed by atoms with Crippen LogP contribution in [0, 0.1) is 0 Å². The number of carbonyl (C=O) groups is 1. The molecule has 0 saturated heterocycles. The first kappa shape index (κ1) is 23.2. The Morgan fingerprint density at radius 3 is 2.26 bits per heavy atom. The van der Waals surface area contributed by atoms with Gasteiger partial charge in [-0.3, -0.25) is 15.0 Å². The monoisotopic (exact) mass is 458 g/mol. The predicted molar refractivity (Wildman–Crippen MR) is 131 cm³/mol. The molecule has 0 bridgehead atoms. The average molecular weight is 459 g/mol. The molecule has 4 aromatic rings. The molecule has 2 heterocycles. The lowest BCUT2D eigenvalue weighted by molar-refractivity contribution is 0.0702. The molecule has 0 spiro atoms. The van der Waals surface area contributed by atoms with Crippen LogP contribution >= 0.6 is 0 Å². The highest BCUT2D eigenvalue weighted by molar-refractivity contribution is 6.09. The number of hydroxylamine groups is 1. The molecule has 0 aliphatic heterocycles. The number of ether oxygens (including phenoxy) is 1. The number of aromatic nitrogens is 2. The van der Waals surface area contributed by atoms with Gasteiger partial charge in [0.2, 0.25) is 0 Å². The zero-order chi connectivity index (χ0) is 24.1. The zero-order valence-electron chi connectivity index (χ0n) is 18.9. The second kappa shape index (κ2) is 10.3. The third kappa shape index (κ3) is 4.83. The predicted octanol–water partition coefficient (Wildman–Crippen LogP) is 4.27. The molecule has 8 heteroatoms. The smallest absolute Gasteiger partial charge is 0.279 e. The summed E-state index contributed by atoms with van der Waals surface area (Å²) in [7, 11) is 0. The quantitative estimate of drug-likeness (QED) is 0.230. The van der Waals surface area contributed by atoms with Crippen LogP contribution in [0.15, 0.2) is 67.0 Å². The van der Waals surface area contributed by atoms with Crippen molar-refractivity contribution in [2.24, 2.45) is 0 Å². The number of aliphatic hydroxyl groups excluding tert-OH is 1. The zero-order valence-corrected chi connectivity index (χ0v) is 18.9. The summed E-state index contributed by atoms with van der Waals surface area (Å²) in [5, 5.41) is 22.0. The fraction of sp³-hybridized carbons (Fsp3) is 0.192. The summed E-state index contributed by atoms with van der Waals surface area (Å²) < 4.78 is 6.04. The molecule has 4 rings (SSSR count). The van der Waals surface area contributed by atoms with Gasteiger partial charge in [-0.05, 0) is 43.2 Å². The topological polar surface area (TPSA) is 117 Å². The number of benzene rings is 2. The Morgan fingerprint density at radius 2 is 1.65 bits per heavy atom. The van der Waals surface area contributed by atoms with Crippen LogP contribution in [0.25, 0.3) is 33.3 Å². The number of carbonyl (C=O) groups excluding carboxylic acids is 1. The number of fused-ring (bicyclic) bond motifs is 1. The molecule has 0 fully saturated rings. The first-order chi connectivity index (χ1) is 16.5. The van der Waals surface area contributed by atoms with E-state index in [-0.39, 0.29) is 24.0 Å². The van der Waals surface area contributed by atoms with E-state index in [1.54, 1.807) is 17.7 Å². The Kier molecular flexibility index (Phi) is 7.01. The van der Waals surface area contributed by atoms with Crippen LogP contribution in [-0.4, -0.2) is 45.4 Å². The Labute approximate surface area is 197 Å². The molecular formula is C26H26N4O4. The Balaban J connectivity index is 1.78. The Hall–Kier alpha value is -4.01. The highest BCUT2D eigenvalue weighted by atomic mass is 16.5. The number of anilines is 1. The number of hydrogen-bond donors (Lipinski definition) is 4. The van der Waals surface area contributed by atoms with Crippen molar-refractivity contribution in [2.45, 2.75) is 20.0 Å². The van der Waals surface area contributed by atoms with E-state index in [9.17, 15) is 10.0 Å². The van der Waals surface area contributed by atoms with E-state index in [4.69, 9.17) is 14.8 Å². The maximum Gasteiger partial charge on any atom is 0.279 e. The van der Waals surface area contributed by atoms with Gasteiger partial charge >= 0.3 is 0 Å². The standard InChI is InChI=1S/C26H26N4O4/c1-16(2)34-25-23(26(32)30-33)21-15-27-12-11-22(21)29-24(25)19-5-3-17(4-6-19)18-7-9-20(10-8-18)28-13-14-31/h3-12,15-16,28,31,33H,13-14H2,1-2H3,(H,30,32). The van der Waals surface area contributed by atoms with E-state index in [1.165, 1.54) is 6.20 Å². The van der Waals surface area contributed by atoms with Crippen molar-refractivity contribution in [3.05, 3.63) is 72.6 Å². The van der Waals surface area contributed by atoms with Crippen molar-refractivity contribution >= 4 is 22.5 Å². The molecule has 8 nitrogen and oxygen atoms in total. The minimum absolute atomic E-state index is 0.0761. The van der Waals surface area contributed by atoms with Gasteiger partial charge in [0.15, 0.2) is 5.75 Å². The number of rotatable bonds is 8. The van der Waals surface area contributed by atoms with Crippen molar-refractivity contribution < 1.29 is 19.8 Å². The third-order valence-corrected chi connectivity index (χ3v) is 5.24. The van der Waals surface area contributed by atoms with Crippen LogP contribution < -0.4 is 15.5 Å². The van der Waals surface area contributed by atoms with Gasteiger partial charge in [-0.1, -0.05) is 36.4 Å². The van der Waals surface area contributed by atoms with E-state index in [1.807, 2.05) is 62.4 Å². The second-order valence-corrected chi connectivity index (χ2v) is 7.97. The molecule has 1 amide bonds. The number of nitrogens with zero attached hydrogens (tertiary/aromatic N) is 2. The summed E-state index contributed by atoms with van der Waals surface area (Å²) in [6.07, 6.45) is 2.91. The van der Waals surface area contributed by atoms with Gasteiger partial charge < -0.3 is 15.2 Å². The number of pyridine rings is 2. The second-order valence-electron chi connectivity index (χ2n) is 7.97. The molecule has 34 heavy (non-hydrogen) atoms. The maximum absolute atomic E-state index is 12.6. The van der Waals surface area contributed by atoms with Crippen molar-refractivity contribution in [2.75, 3.05) is 18.5 Å². The summed E-state index contributed by atoms with van der Waals surface area (Å²) in [6.45, 7) is 4.30. The summed E-state index contributed by atoms with van der Waals surface area (Å²) in [5.74, 6) is -0.405. The lowest BCUT2D eigenvalue weighted by Crippen LogP contribution is -2.22. The Bertz CT molecular complexity index is 1290. The molecule has 0 unspecified atom stereocenters. The molecule has 0 atom stereocenters. The third-order valence-electron chi connectivity index (χ3n) is 5.24. The minimum Gasteiger partial charge on any atom is -0.488 e. The van der Waals surface area contributed by atoms with Crippen LogP contribution in [0.3, 0.4) is 0 Å². The highest BCUT2D eigenvalue weighted by Crippen LogP contribution is 2.37. The summed E-state index contributed by atoms with van der Waals surface area (Å²) in [6, 6.07) is 17.5. The lowest BCUT2D eigenvalue weighted by atomic mass is 9.99. The first-order valence-electron chi connectivity index (χ1n) is 11.0. The lowest BCUT2D eigenvalue weighted by Gasteiger charge is -2.19. The van der Waals surface area contributed by atoms with Crippen molar-refractivity contribution in [3.63, 3.8) is 0 Å². The summed E-state index contributed by atoms with van der Waals surface area (Å²) in [4.78, 5) is 21.5. The SMILES string of the molecule is CC(C)Oc1c(-c2ccc(-c3ccc(NCCO)cc3)cc2)nc2ccncc2c1C(=O)NO. The van der Waals surface area contributed by atoms with Gasteiger partial charge in [0.25, 0.3) is 5.91 Å². The van der Waals surface area contributed by atoms with Gasteiger partial charge in [0.05, 0.1) is 23.8 Å². The van der Waals surface area contributed by atoms with Crippen LogP contribution in [0.2, 0.25) is 0 Å². The summed E-state index contributed by atoms with van der Waals surface area (Å²) >= 11 is 0. The molecule has 174 valence electrons. The number of nitrogens with one attached hydrogen (secondary N) is 2. The first-order valence-corrected chi connectivity index (χ1v) is 11.0. The fourth-order valence-corrected chi connectivity index (χ4v) is 3.72. The largest absolute Gasteiger partial charge is 0.488 e. The van der Waals surface area contributed by atoms with Gasteiger partial charge in [0, 0.05) is 35.6 Å². The fourth-order valence-electron chi connectivity index (χ4n) is 3.72. The number of aliphatic hydroxyl groups is 1. The van der Waals surface area contributed by atoms with Gasteiger partial charge in [-0.2, -0.15) is 0 Å². The van der Waals surface area contributed by atoms with Crippen molar-refractivity contribution in [3.8, 4) is 28.1 Å². The number of hydrogen-bond acceptors (Lipinski definition) is 7. The van der Waals surface area contributed by atoms with E-state index in [2.05, 4.69) is 10.3 Å². The van der Waals surface area contributed by atoms with Crippen LogP contribution in [-0.2, 0) is 0 Å². The molecule has 0 radical (unpaired) electrons. The van der Waals surface area contributed by atoms with Gasteiger partial charge in [-0.25, -0.2) is 10.5 Å². The van der Waals surface area contributed by atoms with E-state index in [0.29, 0.717) is 23.1 Å². The van der Waals surface area contributed by atoms with Crippen LogP contribution in [0.5, 0.6) is 5.75 Å². The van der Waals surface area contributed by atoms with Crippen LogP contribution in [0.1, 0.15) is 24.2 Å². The molecule has 2 aromatic carbocycles. The average Bonchev–Trinajstić information content (AvgIpc) is 2.86. The molecular weight excluding hydrogens is 432 g/mol. The van der Waals surface area contributed by atoms with E-state index < -0.39 is 5.91 Å². The summed E-state index contributed by atoms with van der Waals surface area (Å²) in [5.41, 5.74) is 6.73. The maximum atomic E-state index is 12.6. The minimum atomic E-state index is -0.691.